The van der Waals surface area contributed by atoms with Crippen LogP contribution in [-0.4, -0.2) is 31.5 Å². The number of hydrogen-bond acceptors (Lipinski definition) is 6. The molecule has 0 atom stereocenters. The van der Waals surface area contributed by atoms with E-state index in [1.165, 1.54) is 17.3 Å². The second-order valence-corrected chi connectivity index (χ2v) is 9.11. The number of carbonyl (C=O) groups is 1. The van der Waals surface area contributed by atoms with E-state index in [-0.39, 0.29) is 23.6 Å². The van der Waals surface area contributed by atoms with E-state index in [0.29, 0.717) is 11.0 Å². The average Bonchev–Trinajstić information content (AvgIpc) is 3.33. The van der Waals surface area contributed by atoms with Crippen molar-refractivity contribution >= 4 is 17.7 Å². The molecule has 1 aromatic heterocycles. The van der Waals surface area contributed by atoms with Gasteiger partial charge in [0.1, 0.15) is 11.8 Å². The molecule has 0 saturated heterocycles. The summed E-state index contributed by atoms with van der Waals surface area (Å²) in [6.45, 7) is 4.35. The van der Waals surface area contributed by atoms with Gasteiger partial charge in [0.25, 0.3) is 5.91 Å². The van der Waals surface area contributed by atoms with Crippen molar-refractivity contribution in [2.45, 2.75) is 25.5 Å². The predicted octanol–water partition coefficient (Wildman–Crippen LogP) is 5.30. The summed E-state index contributed by atoms with van der Waals surface area (Å²) in [5.41, 5.74) is 4.65. The summed E-state index contributed by atoms with van der Waals surface area (Å²) in [6.07, 6.45) is 0. The second-order valence-electron chi connectivity index (χ2n) is 8.17. The number of carbonyl (C=O) groups excluding carboxylic acids is 1. The van der Waals surface area contributed by atoms with Crippen LogP contribution in [0.4, 0.5) is 0 Å². The highest BCUT2D eigenvalue weighted by Crippen LogP contribution is 2.29. The lowest BCUT2D eigenvalue weighted by Gasteiger charge is -2.12. The highest BCUT2D eigenvalue weighted by atomic mass is 32.2. The van der Waals surface area contributed by atoms with Crippen LogP contribution in [0.15, 0.2) is 95.4 Å². The summed E-state index contributed by atoms with van der Waals surface area (Å²) in [6, 6.07) is 27.0. The Balaban J connectivity index is 1.59. The molecule has 180 valence electrons. The Labute approximate surface area is 214 Å². The van der Waals surface area contributed by atoms with Crippen LogP contribution < -0.4 is 5.32 Å². The fourth-order valence-electron chi connectivity index (χ4n) is 3.55. The molecule has 0 aliphatic carbocycles. The van der Waals surface area contributed by atoms with Crippen LogP contribution in [0.1, 0.15) is 16.7 Å². The highest BCUT2D eigenvalue weighted by Gasteiger charge is 2.20. The van der Waals surface area contributed by atoms with Gasteiger partial charge in [-0.3, -0.25) is 9.36 Å². The average molecular weight is 496 g/mol. The lowest BCUT2D eigenvalue weighted by atomic mass is 10.1. The molecule has 1 amide bonds. The fourth-order valence-corrected chi connectivity index (χ4v) is 4.38. The van der Waals surface area contributed by atoms with E-state index >= 15 is 0 Å². The summed E-state index contributed by atoms with van der Waals surface area (Å²) in [7, 11) is 0. The summed E-state index contributed by atoms with van der Waals surface area (Å²) in [4.78, 5) is 12.6. The standard InChI is InChI=1S/C28H25N5O2S/c1-19-13-14-23(15-20(19)2)33-26(22-11-7-4-8-12-22)31-32-28(33)36-18-25(34)24(16-29)27(35)30-17-21-9-5-3-6-10-21/h3-15,34H,17-18H2,1-2H3,(H,30,35)/b25-24-. The van der Waals surface area contributed by atoms with Crippen molar-refractivity contribution in [1.82, 2.24) is 20.1 Å². The number of aliphatic hydroxyl groups excluding tert-OH is 1. The van der Waals surface area contributed by atoms with Gasteiger partial charge in [-0.05, 0) is 42.7 Å². The third-order valence-electron chi connectivity index (χ3n) is 5.68. The molecule has 0 unspecified atom stereocenters. The van der Waals surface area contributed by atoms with Gasteiger partial charge in [-0.1, -0.05) is 78.5 Å². The predicted molar refractivity (Wildman–Crippen MR) is 141 cm³/mol. The molecule has 4 aromatic rings. The van der Waals surface area contributed by atoms with Gasteiger partial charge in [0.15, 0.2) is 16.6 Å². The zero-order valence-electron chi connectivity index (χ0n) is 20.0. The van der Waals surface area contributed by atoms with E-state index in [9.17, 15) is 15.2 Å². The maximum atomic E-state index is 12.6. The molecule has 0 saturated carbocycles. The van der Waals surface area contributed by atoms with Crippen molar-refractivity contribution in [2.75, 3.05) is 5.75 Å². The molecule has 0 aliphatic heterocycles. The number of aromatic nitrogens is 3. The van der Waals surface area contributed by atoms with E-state index in [1.54, 1.807) is 0 Å². The van der Waals surface area contributed by atoms with Crippen molar-refractivity contribution in [1.29, 1.82) is 5.26 Å². The molecule has 4 rings (SSSR count). The lowest BCUT2D eigenvalue weighted by Crippen LogP contribution is -2.25. The molecular formula is C28H25N5O2S. The number of nitriles is 1. The largest absolute Gasteiger partial charge is 0.510 e. The number of aliphatic hydroxyl groups is 1. The van der Waals surface area contributed by atoms with Crippen LogP contribution in [0.5, 0.6) is 0 Å². The molecule has 8 heteroatoms. The molecule has 0 fully saturated rings. The normalized spacial score (nSPS) is 11.5. The summed E-state index contributed by atoms with van der Waals surface area (Å²) >= 11 is 1.20. The Hall–Kier alpha value is -4.35. The van der Waals surface area contributed by atoms with Gasteiger partial charge in [-0.15, -0.1) is 10.2 Å². The minimum absolute atomic E-state index is 0.0145. The zero-order chi connectivity index (χ0) is 25.5. The Kier molecular flexibility index (Phi) is 7.83. The molecule has 0 radical (unpaired) electrons. The number of aryl methyl sites for hydroxylation is 2. The van der Waals surface area contributed by atoms with Crippen molar-refractivity contribution in [3.8, 4) is 23.1 Å². The Morgan fingerprint density at radius 2 is 1.69 bits per heavy atom. The number of amides is 1. The summed E-state index contributed by atoms with van der Waals surface area (Å²) in [5.74, 6) is -0.297. The van der Waals surface area contributed by atoms with Crippen LogP contribution in [0.3, 0.4) is 0 Å². The maximum absolute atomic E-state index is 12.6. The van der Waals surface area contributed by atoms with E-state index in [4.69, 9.17) is 0 Å². The van der Waals surface area contributed by atoms with Crippen molar-refractivity contribution in [3.05, 3.63) is 107 Å². The van der Waals surface area contributed by atoms with Gasteiger partial charge in [0.2, 0.25) is 0 Å². The highest BCUT2D eigenvalue weighted by molar-refractivity contribution is 7.99. The first kappa shape index (κ1) is 24.8. The van der Waals surface area contributed by atoms with E-state index in [1.807, 2.05) is 97.3 Å². The maximum Gasteiger partial charge on any atom is 0.265 e. The smallest absolute Gasteiger partial charge is 0.265 e. The van der Waals surface area contributed by atoms with Crippen molar-refractivity contribution in [2.24, 2.45) is 0 Å². The van der Waals surface area contributed by atoms with Gasteiger partial charge in [-0.25, -0.2) is 0 Å². The first-order valence-corrected chi connectivity index (χ1v) is 12.3. The second kappa shape index (κ2) is 11.4. The van der Waals surface area contributed by atoms with Crippen molar-refractivity contribution < 1.29 is 9.90 Å². The Morgan fingerprint density at radius 3 is 2.36 bits per heavy atom. The molecule has 3 aromatic carbocycles. The molecule has 1 heterocycles. The van der Waals surface area contributed by atoms with Gasteiger partial charge >= 0.3 is 0 Å². The third kappa shape index (κ3) is 5.65. The van der Waals surface area contributed by atoms with Crippen LogP contribution in [-0.2, 0) is 11.3 Å². The van der Waals surface area contributed by atoms with Crippen LogP contribution in [0.2, 0.25) is 0 Å². The topological polar surface area (TPSA) is 104 Å². The number of rotatable bonds is 8. The Morgan fingerprint density at radius 1 is 1.00 bits per heavy atom. The third-order valence-corrected chi connectivity index (χ3v) is 6.62. The SMILES string of the molecule is Cc1ccc(-n2c(SC/C(O)=C(\C#N)C(=O)NCc3ccccc3)nnc2-c2ccccc2)cc1C. The Bertz CT molecular complexity index is 1440. The monoisotopic (exact) mass is 495 g/mol. The first-order valence-electron chi connectivity index (χ1n) is 11.3. The number of nitrogens with zero attached hydrogens (tertiary/aromatic N) is 4. The van der Waals surface area contributed by atoms with Crippen LogP contribution in [0.25, 0.3) is 17.1 Å². The van der Waals surface area contributed by atoms with Gasteiger partial charge < -0.3 is 10.4 Å². The van der Waals surface area contributed by atoms with Gasteiger partial charge in [-0.2, -0.15) is 5.26 Å². The van der Waals surface area contributed by atoms with E-state index < -0.39 is 5.91 Å². The van der Waals surface area contributed by atoms with E-state index in [2.05, 4.69) is 21.6 Å². The molecule has 0 aliphatic rings. The van der Waals surface area contributed by atoms with Gasteiger partial charge in [0, 0.05) is 12.1 Å². The zero-order valence-corrected chi connectivity index (χ0v) is 20.8. The van der Waals surface area contributed by atoms with Gasteiger partial charge in [0.05, 0.1) is 11.4 Å². The van der Waals surface area contributed by atoms with Crippen LogP contribution in [0, 0.1) is 25.2 Å². The van der Waals surface area contributed by atoms with E-state index in [0.717, 1.165) is 22.4 Å². The molecule has 2 N–H and O–H groups in total. The molecule has 36 heavy (non-hydrogen) atoms. The molecule has 7 nitrogen and oxygen atoms in total. The summed E-state index contributed by atoms with van der Waals surface area (Å²) in [5, 5.41) is 32.1. The summed E-state index contributed by atoms with van der Waals surface area (Å²) < 4.78 is 1.92. The number of thioether (sulfide) groups is 1. The molecule has 0 spiro atoms. The quantitative estimate of drug-likeness (QED) is 0.149. The number of benzene rings is 3. The lowest BCUT2D eigenvalue weighted by molar-refractivity contribution is -0.117. The number of nitrogens with one attached hydrogen (secondary N) is 1. The minimum Gasteiger partial charge on any atom is -0.510 e. The minimum atomic E-state index is -0.625. The molecule has 0 bridgehead atoms. The fraction of sp³-hybridized carbons (Fsp3) is 0.143. The number of hydrogen-bond donors (Lipinski definition) is 2. The molecular weight excluding hydrogens is 470 g/mol. The first-order chi connectivity index (χ1) is 17.5. The van der Waals surface area contributed by atoms with Crippen molar-refractivity contribution in [3.63, 3.8) is 0 Å². The van der Waals surface area contributed by atoms with Crippen LogP contribution >= 0.6 is 11.8 Å².